The molecule has 1 N–H and O–H groups in total. The summed E-state index contributed by atoms with van der Waals surface area (Å²) < 4.78 is 37.5. The number of rotatable bonds is 5. The van der Waals surface area contributed by atoms with Gasteiger partial charge in [0.1, 0.15) is 5.75 Å². The van der Waals surface area contributed by atoms with Crippen LogP contribution in [0.25, 0.3) is 11.1 Å². The van der Waals surface area contributed by atoms with E-state index in [4.69, 9.17) is 9.47 Å². The van der Waals surface area contributed by atoms with Crippen molar-refractivity contribution in [1.82, 2.24) is 4.31 Å². The smallest absolute Gasteiger partial charge is 0.335 e. The van der Waals surface area contributed by atoms with Crippen LogP contribution in [0.4, 0.5) is 0 Å². The summed E-state index contributed by atoms with van der Waals surface area (Å²) in [7, 11) is -2.28. The van der Waals surface area contributed by atoms with Crippen molar-refractivity contribution in [2.75, 3.05) is 33.4 Å². The van der Waals surface area contributed by atoms with Gasteiger partial charge in [-0.15, -0.1) is 0 Å². The number of nitrogens with zero attached hydrogens (tertiary/aromatic N) is 1. The lowest BCUT2D eigenvalue weighted by atomic mass is 10.0. The summed E-state index contributed by atoms with van der Waals surface area (Å²) in [4.78, 5) is 11.5. The van der Waals surface area contributed by atoms with Gasteiger partial charge in [0.25, 0.3) is 0 Å². The van der Waals surface area contributed by atoms with E-state index in [1.165, 1.54) is 29.6 Å². The molecule has 0 bridgehead atoms. The van der Waals surface area contributed by atoms with Crippen molar-refractivity contribution in [2.45, 2.75) is 4.90 Å². The summed E-state index contributed by atoms with van der Waals surface area (Å²) in [6.45, 7) is 1.13. The molecule has 3 rings (SSSR count). The molecule has 1 fully saturated rings. The molecule has 0 spiro atoms. The van der Waals surface area contributed by atoms with Crippen molar-refractivity contribution in [3.63, 3.8) is 0 Å². The Morgan fingerprint density at radius 3 is 2.50 bits per heavy atom. The van der Waals surface area contributed by atoms with E-state index in [0.717, 1.165) is 0 Å². The highest BCUT2D eigenvalue weighted by Gasteiger charge is 2.27. The number of methoxy groups -OCH3 is 1. The third-order valence-electron chi connectivity index (χ3n) is 4.16. The highest BCUT2D eigenvalue weighted by Crippen LogP contribution is 2.29. The zero-order valence-electron chi connectivity index (χ0n) is 14.2. The number of morpholine rings is 1. The first-order chi connectivity index (χ1) is 12.4. The van der Waals surface area contributed by atoms with Crippen LogP contribution in [0.5, 0.6) is 5.75 Å². The van der Waals surface area contributed by atoms with Crippen molar-refractivity contribution in [1.29, 1.82) is 0 Å². The van der Waals surface area contributed by atoms with Gasteiger partial charge < -0.3 is 14.6 Å². The van der Waals surface area contributed by atoms with Crippen molar-refractivity contribution in [3.8, 4) is 16.9 Å². The fourth-order valence-electron chi connectivity index (χ4n) is 2.78. The molecule has 138 valence electrons. The summed E-state index contributed by atoms with van der Waals surface area (Å²) in [5.74, 6) is -0.589. The Labute approximate surface area is 151 Å². The van der Waals surface area contributed by atoms with Gasteiger partial charge in [-0.05, 0) is 41.5 Å². The van der Waals surface area contributed by atoms with Gasteiger partial charge in [0.15, 0.2) is 0 Å². The third-order valence-corrected chi connectivity index (χ3v) is 6.04. The molecular formula is C18H19NO6S. The van der Waals surface area contributed by atoms with Crippen LogP contribution in [0, 0.1) is 0 Å². The van der Waals surface area contributed by atoms with Crippen LogP contribution in [-0.4, -0.2) is 57.2 Å². The summed E-state index contributed by atoms with van der Waals surface area (Å²) in [6, 6.07) is 11.2. The maximum atomic E-state index is 12.9. The average Bonchev–Trinajstić information content (AvgIpc) is 2.68. The molecule has 8 heteroatoms. The summed E-state index contributed by atoms with van der Waals surface area (Å²) in [5, 5.41) is 9.40. The second-order valence-electron chi connectivity index (χ2n) is 5.80. The molecule has 0 radical (unpaired) electrons. The molecule has 0 aromatic heterocycles. The van der Waals surface area contributed by atoms with Crippen LogP contribution in [0.15, 0.2) is 47.4 Å². The lowest BCUT2D eigenvalue weighted by Crippen LogP contribution is -2.40. The number of carbonyl (C=O) groups is 1. The van der Waals surface area contributed by atoms with Crippen LogP contribution in [0.3, 0.4) is 0 Å². The van der Waals surface area contributed by atoms with Gasteiger partial charge in [-0.25, -0.2) is 13.2 Å². The fraction of sp³-hybridized carbons (Fsp3) is 0.278. The van der Waals surface area contributed by atoms with Crippen molar-refractivity contribution < 1.29 is 27.8 Å². The van der Waals surface area contributed by atoms with Gasteiger partial charge in [-0.3, -0.25) is 0 Å². The largest absolute Gasteiger partial charge is 0.497 e. The molecular weight excluding hydrogens is 358 g/mol. The Balaban J connectivity index is 2.11. The molecule has 1 aliphatic heterocycles. The summed E-state index contributed by atoms with van der Waals surface area (Å²) in [5.41, 5.74) is 1.08. The number of hydrogen-bond donors (Lipinski definition) is 1. The number of benzene rings is 2. The zero-order chi connectivity index (χ0) is 18.7. The number of hydrogen-bond acceptors (Lipinski definition) is 5. The Bertz CT molecular complexity index is 919. The molecule has 0 amide bonds. The summed E-state index contributed by atoms with van der Waals surface area (Å²) in [6.07, 6.45) is 0. The molecule has 0 saturated carbocycles. The van der Waals surface area contributed by atoms with Crippen molar-refractivity contribution in [2.24, 2.45) is 0 Å². The molecule has 0 aliphatic carbocycles. The zero-order valence-corrected chi connectivity index (χ0v) is 15.0. The second-order valence-corrected chi connectivity index (χ2v) is 7.74. The predicted molar refractivity (Wildman–Crippen MR) is 95.0 cm³/mol. The first-order valence-corrected chi connectivity index (χ1v) is 9.46. The van der Waals surface area contributed by atoms with E-state index in [1.54, 1.807) is 24.3 Å². The van der Waals surface area contributed by atoms with E-state index in [0.29, 0.717) is 30.1 Å². The number of sulfonamides is 1. The molecule has 7 nitrogen and oxygen atoms in total. The Morgan fingerprint density at radius 2 is 1.85 bits per heavy atom. The van der Waals surface area contributed by atoms with Gasteiger partial charge >= 0.3 is 5.97 Å². The molecule has 1 saturated heterocycles. The topological polar surface area (TPSA) is 93.1 Å². The minimum Gasteiger partial charge on any atom is -0.497 e. The maximum Gasteiger partial charge on any atom is 0.335 e. The van der Waals surface area contributed by atoms with Gasteiger partial charge in [0.2, 0.25) is 10.0 Å². The highest BCUT2D eigenvalue weighted by molar-refractivity contribution is 7.89. The Hall–Kier alpha value is -2.42. The molecule has 2 aromatic rings. The van der Waals surface area contributed by atoms with Crippen LogP contribution in [0.2, 0.25) is 0 Å². The van der Waals surface area contributed by atoms with E-state index in [2.05, 4.69) is 0 Å². The van der Waals surface area contributed by atoms with E-state index >= 15 is 0 Å². The van der Waals surface area contributed by atoms with E-state index in [-0.39, 0.29) is 23.5 Å². The van der Waals surface area contributed by atoms with Crippen molar-refractivity contribution >= 4 is 16.0 Å². The van der Waals surface area contributed by atoms with Gasteiger partial charge in [0, 0.05) is 13.1 Å². The van der Waals surface area contributed by atoms with Crippen LogP contribution >= 0.6 is 0 Å². The van der Waals surface area contributed by atoms with Gasteiger partial charge in [-0.2, -0.15) is 4.31 Å². The van der Waals surface area contributed by atoms with Gasteiger partial charge in [0.05, 0.1) is 30.8 Å². The van der Waals surface area contributed by atoms with E-state index in [9.17, 15) is 18.3 Å². The molecule has 0 atom stereocenters. The number of ether oxygens (including phenoxy) is 2. The Morgan fingerprint density at radius 1 is 1.12 bits per heavy atom. The van der Waals surface area contributed by atoms with Crippen LogP contribution in [-0.2, 0) is 14.8 Å². The van der Waals surface area contributed by atoms with Crippen LogP contribution in [0.1, 0.15) is 10.4 Å². The molecule has 26 heavy (non-hydrogen) atoms. The molecule has 2 aromatic carbocycles. The van der Waals surface area contributed by atoms with Gasteiger partial charge in [-0.1, -0.05) is 12.1 Å². The number of aromatic carboxylic acids is 1. The van der Waals surface area contributed by atoms with Crippen LogP contribution < -0.4 is 4.74 Å². The normalized spacial score (nSPS) is 15.6. The molecule has 1 aliphatic rings. The predicted octanol–water partition coefficient (Wildman–Crippen LogP) is 2.08. The third kappa shape index (κ3) is 3.72. The highest BCUT2D eigenvalue weighted by atomic mass is 32.2. The minimum absolute atomic E-state index is 0.0443. The fourth-order valence-corrected chi connectivity index (χ4v) is 4.26. The first-order valence-electron chi connectivity index (χ1n) is 8.02. The second kappa shape index (κ2) is 7.45. The lowest BCUT2D eigenvalue weighted by molar-refractivity contribution is 0.0696. The monoisotopic (exact) mass is 377 g/mol. The Kier molecular flexibility index (Phi) is 5.26. The number of carboxylic acids is 1. The standard InChI is InChI=1S/C18H19NO6S/c1-24-16-4-2-3-13(10-16)14-9-15(18(20)21)12-17(11-14)26(22,23)19-5-7-25-8-6-19/h2-4,9-12H,5-8H2,1H3,(H,20,21). The SMILES string of the molecule is COc1cccc(-c2cc(C(=O)O)cc(S(=O)(=O)N3CCOCC3)c2)c1. The quantitative estimate of drug-likeness (QED) is 0.858. The average molecular weight is 377 g/mol. The minimum atomic E-state index is -3.81. The van der Waals surface area contributed by atoms with E-state index in [1.807, 2.05) is 0 Å². The van der Waals surface area contributed by atoms with Crippen molar-refractivity contribution in [3.05, 3.63) is 48.0 Å². The first kappa shape index (κ1) is 18.4. The summed E-state index contributed by atoms with van der Waals surface area (Å²) >= 11 is 0. The lowest BCUT2D eigenvalue weighted by Gasteiger charge is -2.26. The molecule has 1 heterocycles. The van der Waals surface area contributed by atoms with E-state index < -0.39 is 16.0 Å². The maximum absolute atomic E-state index is 12.9. The molecule has 0 unspecified atom stereocenters. The number of carboxylic acid groups (broad SMARTS) is 1.